The van der Waals surface area contributed by atoms with Gasteiger partial charge < -0.3 is 10.2 Å². The molecule has 2 aliphatic rings. The molecule has 132 valence electrons. The van der Waals surface area contributed by atoms with Crippen LogP contribution in [0.2, 0.25) is 0 Å². The van der Waals surface area contributed by atoms with Crippen LogP contribution in [0.5, 0.6) is 0 Å². The first-order valence-corrected chi connectivity index (χ1v) is 9.01. The fourth-order valence-corrected chi connectivity index (χ4v) is 3.53. The summed E-state index contributed by atoms with van der Waals surface area (Å²) in [5.74, 6) is 0.204. The molecule has 1 spiro atoms. The van der Waals surface area contributed by atoms with Crippen LogP contribution in [0.15, 0.2) is 30.3 Å². The maximum Gasteiger partial charge on any atom is 0.242 e. The van der Waals surface area contributed by atoms with Crippen LogP contribution >= 0.6 is 0 Å². The van der Waals surface area contributed by atoms with Gasteiger partial charge in [0.05, 0.1) is 0 Å². The molecule has 1 aromatic carbocycles. The van der Waals surface area contributed by atoms with Gasteiger partial charge in [-0.05, 0) is 12.0 Å². The molecule has 0 bridgehead atoms. The lowest BCUT2D eigenvalue weighted by Crippen LogP contribution is -2.65. The van der Waals surface area contributed by atoms with Crippen molar-refractivity contribution in [2.75, 3.05) is 26.2 Å². The Labute approximate surface area is 145 Å². The number of amides is 2. The van der Waals surface area contributed by atoms with Crippen molar-refractivity contribution in [3.63, 3.8) is 0 Å². The highest BCUT2D eigenvalue weighted by Gasteiger charge is 2.51. The summed E-state index contributed by atoms with van der Waals surface area (Å²) in [5, 5.41) is 2.95. The molecule has 1 aromatic rings. The highest BCUT2D eigenvalue weighted by Crippen LogP contribution is 2.30. The van der Waals surface area contributed by atoms with Crippen LogP contribution in [0.4, 0.5) is 0 Å². The van der Waals surface area contributed by atoms with E-state index < -0.39 is 5.54 Å². The summed E-state index contributed by atoms with van der Waals surface area (Å²) in [6, 6.07) is 10.2. The Bertz CT molecular complexity index is 561. The molecule has 24 heavy (non-hydrogen) atoms. The van der Waals surface area contributed by atoms with Crippen molar-refractivity contribution in [3.05, 3.63) is 35.9 Å². The Morgan fingerprint density at radius 1 is 1.21 bits per heavy atom. The first-order valence-electron chi connectivity index (χ1n) is 9.01. The molecule has 0 aromatic heterocycles. The second-order valence-corrected chi connectivity index (χ2v) is 6.11. The molecule has 0 aliphatic carbocycles. The van der Waals surface area contributed by atoms with Crippen molar-refractivity contribution in [1.29, 1.82) is 0 Å². The number of nitrogens with zero attached hydrogens (tertiary/aromatic N) is 2. The van der Waals surface area contributed by atoms with Crippen molar-refractivity contribution < 1.29 is 9.59 Å². The lowest BCUT2D eigenvalue weighted by Gasteiger charge is -2.47. The van der Waals surface area contributed by atoms with E-state index in [-0.39, 0.29) is 11.8 Å². The molecule has 2 aliphatic heterocycles. The van der Waals surface area contributed by atoms with Crippen LogP contribution in [-0.2, 0) is 16.1 Å². The number of rotatable bonds is 3. The lowest BCUT2D eigenvalue weighted by atomic mass is 9.91. The van der Waals surface area contributed by atoms with Gasteiger partial charge in [0.25, 0.3) is 0 Å². The summed E-state index contributed by atoms with van der Waals surface area (Å²) in [6.07, 6.45) is 1.27. The molecule has 2 fully saturated rings. The van der Waals surface area contributed by atoms with Crippen LogP contribution in [0, 0.1) is 0 Å². The maximum atomic E-state index is 12.5. The van der Waals surface area contributed by atoms with Gasteiger partial charge in [0.15, 0.2) is 0 Å². The minimum absolute atomic E-state index is 0.0667. The summed E-state index contributed by atoms with van der Waals surface area (Å²) in [6.45, 7) is 9.28. The number of carbonyl (C=O) groups is 2. The lowest BCUT2D eigenvalue weighted by molar-refractivity contribution is -0.143. The van der Waals surface area contributed by atoms with Gasteiger partial charge in [-0.15, -0.1) is 0 Å². The molecule has 1 atom stereocenters. The Kier molecular flexibility index (Phi) is 6.37. The van der Waals surface area contributed by atoms with Crippen molar-refractivity contribution in [1.82, 2.24) is 15.1 Å². The van der Waals surface area contributed by atoms with E-state index in [9.17, 15) is 9.59 Å². The largest absolute Gasteiger partial charge is 0.354 e. The van der Waals surface area contributed by atoms with E-state index >= 15 is 0 Å². The van der Waals surface area contributed by atoms with Gasteiger partial charge in [-0.3, -0.25) is 14.5 Å². The van der Waals surface area contributed by atoms with Crippen molar-refractivity contribution >= 4 is 11.8 Å². The third-order valence-electron chi connectivity index (χ3n) is 4.82. The standard InChI is InChI=1S/C17H23N3O2.C2H6/c1-2-15(21)19-10-11-20(12-14-6-4-3-5-7-14)17(13-19)8-9-18-16(17)22;1-2/h3-7H,2,8-13H2,1H3,(H,18,22);1-2H3. The normalized spacial score (nSPS) is 23.6. The zero-order chi connectivity index (χ0) is 17.6. The number of benzene rings is 1. The molecule has 1 unspecified atom stereocenters. The maximum absolute atomic E-state index is 12.5. The predicted octanol–water partition coefficient (Wildman–Crippen LogP) is 2.03. The Morgan fingerprint density at radius 3 is 2.50 bits per heavy atom. The molecule has 5 nitrogen and oxygen atoms in total. The Morgan fingerprint density at radius 2 is 1.92 bits per heavy atom. The van der Waals surface area contributed by atoms with Gasteiger partial charge in [0.2, 0.25) is 11.8 Å². The van der Waals surface area contributed by atoms with Crippen LogP contribution in [0.25, 0.3) is 0 Å². The summed E-state index contributed by atoms with van der Waals surface area (Å²) >= 11 is 0. The molecule has 1 N–H and O–H groups in total. The Balaban J connectivity index is 0.00000100. The van der Waals surface area contributed by atoms with Gasteiger partial charge in [-0.25, -0.2) is 0 Å². The molecule has 0 radical (unpaired) electrons. The zero-order valence-corrected chi connectivity index (χ0v) is 15.0. The van der Waals surface area contributed by atoms with Crippen LogP contribution in [0.3, 0.4) is 0 Å². The van der Waals surface area contributed by atoms with Gasteiger partial charge >= 0.3 is 0 Å². The topological polar surface area (TPSA) is 52.7 Å². The van der Waals surface area contributed by atoms with Crippen LogP contribution in [-0.4, -0.2) is 53.3 Å². The highest BCUT2D eigenvalue weighted by atomic mass is 16.2. The van der Waals surface area contributed by atoms with Crippen LogP contribution < -0.4 is 5.32 Å². The average Bonchev–Trinajstić information content (AvgIpc) is 2.99. The second kappa shape index (κ2) is 8.29. The summed E-state index contributed by atoms with van der Waals surface area (Å²) in [4.78, 5) is 28.7. The van der Waals surface area contributed by atoms with Crippen molar-refractivity contribution in [2.45, 2.75) is 45.7 Å². The molecular formula is C19H29N3O2. The van der Waals surface area contributed by atoms with Gasteiger partial charge in [-0.1, -0.05) is 51.1 Å². The molecule has 2 amide bonds. The van der Waals surface area contributed by atoms with Gasteiger partial charge in [-0.2, -0.15) is 0 Å². The van der Waals surface area contributed by atoms with Crippen molar-refractivity contribution in [3.8, 4) is 0 Å². The van der Waals surface area contributed by atoms with Crippen molar-refractivity contribution in [2.24, 2.45) is 0 Å². The minimum Gasteiger partial charge on any atom is -0.354 e. The SMILES string of the molecule is CC.CCC(=O)N1CCN(Cc2ccccc2)C2(CCNC2=O)C1. The molecular weight excluding hydrogens is 302 g/mol. The quantitative estimate of drug-likeness (QED) is 0.922. The highest BCUT2D eigenvalue weighted by molar-refractivity contribution is 5.90. The smallest absolute Gasteiger partial charge is 0.242 e. The minimum atomic E-state index is -0.557. The third kappa shape index (κ3) is 3.61. The summed E-state index contributed by atoms with van der Waals surface area (Å²) in [7, 11) is 0. The fourth-order valence-electron chi connectivity index (χ4n) is 3.53. The van der Waals surface area contributed by atoms with E-state index in [1.54, 1.807) is 0 Å². The van der Waals surface area contributed by atoms with Gasteiger partial charge in [0, 0.05) is 39.1 Å². The molecule has 0 saturated carbocycles. The number of nitrogens with one attached hydrogen (secondary N) is 1. The van der Waals surface area contributed by atoms with E-state index in [4.69, 9.17) is 0 Å². The summed E-state index contributed by atoms with van der Waals surface area (Å²) in [5.41, 5.74) is 0.649. The number of carbonyl (C=O) groups excluding carboxylic acids is 2. The number of hydrogen-bond donors (Lipinski definition) is 1. The summed E-state index contributed by atoms with van der Waals surface area (Å²) < 4.78 is 0. The van der Waals surface area contributed by atoms with E-state index in [1.165, 1.54) is 5.56 Å². The second-order valence-electron chi connectivity index (χ2n) is 6.11. The average molecular weight is 331 g/mol. The molecule has 2 saturated heterocycles. The third-order valence-corrected chi connectivity index (χ3v) is 4.82. The van der Waals surface area contributed by atoms with Crippen LogP contribution in [0.1, 0.15) is 39.2 Å². The van der Waals surface area contributed by atoms with E-state index in [0.717, 1.165) is 19.5 Å². The molecule has 5 heteroatoms. The van der Waals surface area contributed by atoms with Gasteiger partial charge in [0.1, 0.15) is 5.54 Å². The Hall–Kier alpha value is -1.88. The first kappa shape index (κ1) is 18.5. The monoisotopic (exact) mass is 331 g/mol. The molecule has 2 heterocycles. The van der Waals surface area contributed by atoms with E-state index in [1.807, 2.05) is 43.9 Å². The first-order chi connectivity index (χ1) is 11.7. The number of hydrogen-bond acceptors (Lipinski definition) is 3. The molecule has 3 rings (SSSR count). The fraction of sp³-hybridized carbons (Fsp3) is 0.579. The predicted molar refractivity (Wildman–Crippen MR) is 95.4 cm³/mol. The number of piperazine rings is 1. The van der Waals surface area contributed by atoms with E-state index in [0.29, 0.717) is 26.1 Å². The van der Waals surface area contributed by atoms with E-state index in [2.05, 4.69) is 22.3 Å². The zero-order valence-electron chi connectivity index (χ0n) is 15.0.